The lowest BCUT2D eigenvalue weighted by Gasteiger charge is -2.17. The van der Waals surface area contributed by atoms with E-state index in [1.54, 1.807) is 0 Å². The fraction of sp³-hybridized carbons (Fsp3) is 0.412. The van der Waals surface area contributed by atoms with Crippen molar-refractivity contribution in [3.63, 3.8) is 0 Å². The van der Waals surface area contributed by atoms with Gasteiger partial charge in [-0.15, -0.1) is 0 Å². The standard InChI is InChI=1S/C17H20FNO3/c18-14-9-7-12(8-10-14)15(17(21)22)11-19-16(20)13-5-3-1-2-4-6-13/h1-2,7-10,13,15H,3-6,11H2,(H,19,20)(H,21,22). The van der Waals surface area contributed by atoms with Crippen molar-refractivity contribution in [2.24, 2.45) is 5.92 Å². The average molecular weight is 305 g/mol. The number of benzene rings is 1. The summed E-state index contributed by atoms with van der Waals surface area (Å²) in [6.45, 7) is 0.0176. The normalized spacial score (nSPS) is 16.8. The van der Waals surface area contributed by atoms with Crippen molar-refractivity contribution in [2.45, 2.75) is 31.6 Å². The summed E-state index contributed by atoms with van der Waals surface area (Å²) in [5, 5.41) is 12.0. The molecule has 0 fully saturated rings. The third-order valence-corrected chi connectivity index (χ3v) is 3.95. The lowest BCUT2D eigenvalue weighted by atomic mass is 9.96. The molecular formula is C17H20FNO3. The van der Waals surface area contributed by atoms with Crippen molar-refractivity contribution in [1.82, 2.24) is 5.32 Å². The van der Waals surface area contributed by atoms with Crippen LogP contribution in [-0.2, 0) is 9.59 Å². The number of allylic oxidation sites excluding steroid dienone is 2. The highest BCUT2D eigenvalue weighted by Gasteiger charge is 2.23. The van der Waals surface area contributed by atoms with E-state index in [1.807, 2.05) is 0 Å². The molecule has 1 aliphatic carbocycles. The van der Waals surface area contributed by atoms with Crippen LogP contribution in [0.25, 0.3) is 0 Å². The maximum atomic E-state index is 12.9. The molecule has 1 unspecified atom stereocenters. The fourth-order valence-corrected chi connectivity index (χ4v) is 2.63. The van der Waals surface area contributed by atoms with Crippen LogP contribution >= 0.6 is 0 Å². The van der Waals surface area contributed by atoms with Gasteiger partial charge in [-0.3, -0.25) is 9.59 Å². The van der Waals surface area contributed by atoms with Gasteiger partial charge in [-0.25, -0.2) is 4.39 Å². The highest BCUT2D eigenvalue weighted by atomic mass is 19.1. The predicted octanol–water partition coefficient (Wildman–Crippen LogP) is 2.86. The second-order valence-electron chi connectivity index (χ2n) is 5.51. The maximum absolute atomic E-state index is 12.9. The molecule has 0 aromatic heterocycles. The highest BCUT2D eigenvalue weighted by Crippen LogP contribution is 2.20. The topological polar surface area (TPSA) is 66.4 Å². The summed E-state index contributed by atoms with van der Waals surface area (Å²) < 4.78 is 12.9. The number of carboxylic acid groups (broad SMARTS) is 1. The SMILES string of the molecule is O=C(NCC(C(=O)O)c1ccc(F)cc1)C1CCC=CCC1. The second-order valence-corrected chi connectivity index (χ2v) is 5.51. The molecule has 0 saturated carbocycles. The minimum atomic E-state index is -1.03. The van der Waals surface area contributed by atoms with Gasteiger partial charge in [0.2, 0.25) is 5.91 Å². The third kappa shape index (κ3) is 4.41. The molecule has 0 spiro atoms. The molecule has 1 atom stereocenters. The third-order valence-electron chi connectivity index (χ3n) is 3.95. The summed E-state index contributed by atoms with van der Waals surface area (Å²) in [5.41, 5.74) is 0.483. The van der Waals surface area contributed by atoms with E-state index in [4.69, 9.17) is 0 Å². The Morgan fingerprint density at radius 2 is 1.77 bits per heavy atom. The van der Waals surface area contributed by atoms with Gasteiger partial charge < -0.3 is 10.4 Å². The summed E-state index contributed by atoms with van der Waals surface area (Å²) >= 11 is 0. The molecule has 1 aromatic carbocycles. The molecule has 0 radical (unpaired) electrons. The van der Waals surface area contributed by atoms with Gasteiger partial charge in [-0.2, -0.15) is 0 Å². The summed E-state index contributed by atoms with van der Waals surface area (Å²) in [6, 6.07) is 5.33. The van der Waals surface area contributed by atoms with Crippen molar-refractivity contribution < 1.29 is 19.1 Å². The van der Waals surface area contributed by atoms with E-state index in [0.717, 1.165) is 25.7 Å². The van der Waals surface area contributed by atoms with Crippen LogP contribution in [0, 0.1) is 11.7 Å². The van der Waals surface area contributed by atoms with Gasteiger partial charge in [-0.05, 0) is 43.4 Å². The van der Waals surface area contributed by atoms with Gasteiger partial charge >= 0.3 is 5.97 Å². The summed E-state index contributed by atoms with van der Waals surface area (Å²) in [6.07, 6.45) is 7.47. The Morgan fingerprint density at radius 1 is 1.18 bits per heavy atom. The van der Waals surface area contributed by atoms with E-state index >= 15 is 0 Å². The fourth-order valence-electron chi connectivity index (χ4n) is 2.63. The van der Waals surface area contributed by atoms with Gasteiger partial charge in [0.25, 0.3) is 0 Å². The maximum Gasteiger partial charge on any atom is 0.312 e. The number of carbonyl (C=O) groups excluding carboxylic acids is 1. The van der Waals surface area contributed by atoms with Crippen LogP contribution in [0.15, 0.2) is 36.4 Å². The van der Waals surface area contributed by atoms with Crippen molar-refractivity contribution >= 4 is 11.9 Å². The first kappa shape index (κ1) is 16.2. The van der Waals surface area contributed by atoms with E-state index in [2.05, 4.69) is 17.5 Å². The first-order chi connectivity index (χ1) is 10.6. The van der Waals surface area contributed by atoms with Gasteiger partial charge in [-0.1, -0.05) is 24.3 Å². The largest absolute Gasteiger partial charge is 0.481 e. The van der Waals surface area contributed by atoms with E-state index in [9.17, 15) is 19.1 Å². The summed E-state index contributed by atoms with van der Waals surface area (Å²) in [7, 11) is 0. The molecule has 5 heteroatoms. The first-order valence-electron chi connectivity index (χ1n) is 7.49. The minimum Gasteiger partial charge on any atom is -0.481 e. The minimum absolute atomic E-state index is 0.0176. The zero-order valence-corrected chi connectivity index (χ0v) is 12.3. The Kier molecular flexibility index (Phi) is 5.69. The van der Waals surface area contributed by atoms with Crippen molar-refractivity contribution in [3.8, 4) is 0 Å². The molecule has 2 N–H and O–H groups in total. The van der Waals surface area contributed by atoms with Crippen LogP contribution in [0.4, 0.5) is 4.39 Å². The van der Waals surface area contributed by atoms with Crippen molar-refractivity contribution in [3.05, 3.63) is 47.8 Å². The summed E-state index contributed by atoms with van der Waals surface area (Å²) in [4.78, 5) is 23.5. The number of aliphatic carboxylic acids is 1. The number of rotatable bonds is 5. The second kappa shape index (κ2) is 7.73. The van der Waals surface area contributed by atoms with Crippen LogP contribution in [-0.4, -0.2) is 23.5 Å². The Labute approximate surface area is 129 Å². The molecule has 1 aliphatic rings. The van der Waals surface area contributed by atoms with E-state index in [1.165, 1.54) is 24.3 Å². The molecule has 0 saturated heterocycles. The molecule has 0 bridgehead atoms. The molecule has 2 rings (SSSR count). The molecule has 1 aromatic rings. The number of nitrogens with one attached hydrogen (secondary N) is 1. The molecule has 1 amide bonds. The molecule has 4 nitrogen and oxygen atoms in total. The predicted molar refractivity (Wildman–Crippen MR) is 80.9 cm³/mol. The zero-order chi connectivity index (χ0) is 15.9. The smallest absolute Gasteiger partial charge is 0.312 e. The number of hydrogen-bond acceptors (Lipinski definition) is 2. The van der Waals surface area contributed by atoms with Gasteiger partial charge in [0, 0.05) is 12.5 Å². The molecule has 118 valence electrons. The Hall–Kier alpha value is -2.17. The van der Waals surface area contributed by atoms with Crippen molar-refractivity contribution in [2.75, 3.05) is 6.54 Å². The van der Waals surface area contributed by atoms with Gasteiger partial charge in [0.1, 0.15) is 5.82 Å². The number of carbonyl (C=O) groups is 2. The Bertz CT molecular complexity index is 544. The average Bonchev–Trinajstić information content (AvgIpc) is 2.78. The van der Waals surface area contributed by atoms with Gasteiger partial charge in [0.15, 0.2) is 0 Å². The van der Waals surface area contributed by atoms with Crippen LogP contribution in [0.5, 0.6) is 0 Å². The van der Waals surface area contributed by atoms with Gasteiger partial charge in [0.05, 0.1) is 5.92 Å². The van der Waals surface area contributed by atoms with E-state index in [0.29, 0.717) is 5.56 Å². The first-order valence-corrected chi connectivity index (χ1v) is 7.49. The Balaban J connectivity index is 1.95. The molecular weight excluding hydrogens is 285 g/mol. The molecule has 0 aliphatic heterocycles. The molecule has 0 heterocycles. The highest BCUT2D eigenvalue weighted by molar-refractivity contribution is 5.81. The number of amides is 1. The van der Waals surface area contributed by atoms with Crippen LogP contribution in [0.3, 0.4) is 0 Å². The number of carboxylic acids is 1. The van der Waals surface area contributed by atoms with E-state index < -0.39 is 17.7 Å². The zero-order valence-electron chi connectivity index (χ0n) is 12.3. The lowest BCUT2D eigenvalue weighted by Crippen LogP contribution is -2.35. The number of halogens is 1. The monoisotopic (exact) mass is 305 g/mol. The van der Waals surface area contributed by atoms with Crippen molar-refractivity contribution in [1.29, 1.82) is 0 Å². The Morgan fingerprint density at radius 3 is 2.32 bits per heavy atom. The van der Waals surface area contributed by atoms with Crippen LogP contribution in [0.2, 0.25) is 0 Å². The van der Waals surface area contributed by atoms with Crippen LogP contribution < -0.4 is 5.32 Å². The summed E-state index contributed by atoms with van der Waals surface area (Å²) in [5.74, 6) is -2.49. The van der Waals surface area contributed by atoms with E-state index in [-0.39, 0.29) is 18.4 Å². The molecule has 22 heavy (non-hydrogen) atoms. The quantitative estimate of drug-likeness (QED) is 0.822. The lowest BCUT2D eigenvalue weighted by molar-refractivity contribution is -0.138. The number of hydrogen-bond donors (Lipinski definition) is 2. The van der Waals surface area contributed by atoms with Crippen LogP contribution in [0.1, 0.15) is 37.2 Å².